The Bertz CT molecular complexity index is 1200. The average Bonchev–Trinajstić information content (AvgIpc) is 3.50. The molecule has 1 atom stereocenters. The van der Waals surface area contributed by atoms with Crippen LogP contribution in [0.5, 0.6) is 0 Å². The summed E-state index contributed by atoms with van der Waals surface area (Å²) in [6.07, 6.45) is 2.54. The number of thioether (sulfide) groups is 1. The van der Waals surface area contributed by atoms with Gasteiger partial charge in [0.25, 0.3) is 11.1 Å². The molecule has 2 saturated heterocycles. The number of benzene rings is 1. The van der Waals surface area contributed by atoms with Gasteiger partial charge in [0.2, 0.25) is 5.91 Å². The number of nitrogens with zero attached hydrogens (tertiary/aromatic N) is 4. The number of sulfone groups is 1. The summed E-state index contributed by atoms with van der Waals surface area (Å²) in [5.41, 5.74) is 1.83. The number of H-pyrrole nitrogens is 1. The van der Waals surface area contributed by atoms with Crippen LogP contribution in [0.25, 0.3) is 22.4 Å². The van der Waals surface area contributed by atoms with Crippen LogP contribution in [0, 0.1) is 0 Å². The number of hydrogen-bond acceptors (Lipinski definition) is 8. The number of amides is 1. The van der Waals surface area contributed by atoms with Gasteiger partial charge in [0.1, 0.15) is 0 Å². The highest BCUT2D eigenvalue weighted by Gasteiger charge is 2.34. The van der Waals surface area contributed by atoms with E-state index in [1.54, 1.807) is 0 Å². The molecule has 0 bridgehead atoms. The van der Waals surface area contributed by atoms with Crippen LogP contribution in [0.3, 0.4) is 0 Å². The molecule has 31 heavy (non-hydrogen) atoms. The molecular formula is C20H23N5O4S2. The Balaban J connectivity index is 1.14. The molecule has 2 fully saturated rings. The predicted molar refractivity (Wildman–Crippen MR) is 118 cm³/mol. The fourth-order valence-corrected chi connectivity index (χ4v) is 6.67. The summed E-state index contributed by atoms with van der Waals surface area (Å²) in [5.74, 6) is 1.20. The Morgan fingerprint density at radius 2 is 2.00 bits per heavy atom. The van der Waals surface area contributed by atoms with Crippen LogP contribution in [0.1, 0.15) is 6.42 Å². The number of aromatic nitrogens is 3. The third-order valence-electron chi connectivity index (χ3n) is 5.94. The molecule has 0 saturated carbocycles. The van der Waals surface area contributed by atoms with E-state index in [2.05, 4.69) is 20.1 Å². The molecule has 11 heteroatoms. The minimum Gasteiger partial charge on any atom is -0.411 e. The number of carbonyl (C=O) groups is 1. The van der Waals surface area contributed by atoms with Gasteiger partial charge in [0.05, 0.1) is 22.8 Å². The van der Waals surface area contributed by atoms with Crippen molar-refractivity contribution in [2.45, 2.75) is 17.7 Å². The second-order valence-corrected chi connectivity index (χ2v) is 11.0. The zero-order valence-corrected chi connectivity index (χ0v) is 18.5. The summed E-state index contributed by atoms with van der Waals surface area (Å²) < 4.78 is 29.2. The molecule has 4 heterocycles. The van der Waals surface area contributed by atoms with Crippen LogP contribution in [0.2, 0.25) is 0 Å². The van der Waals surface area contributed by atoms with Crippen molar-refractivity contribution in [1.82, 2.24) is 25.0 Å². The van der Waals surface area contributed by atoms with E-state index < -0.39 is 9.84 Å². The van der Waals surface area contributed by atoms with Crippen molar-refractivity contribution >= 4 is 38.4 Å². The number of fused-ring (bicyclic) bond motifs is 1. The lowest BCUT2D eigenvalue weighted by Gasteiger charge is -2.37. The van der Waals surface area contributed by atoms with E-state index in [9.17, 15) is 13.2 Å². The third-order valence-corrected chi connectivity index (χ3v) is 8.49. The number of para-hydroxylation sites is 1. The summed E-state index contributed by atoms with van der Waals surface area (Å²) in [6.45, 7) is 2.64. The van der Waals surface area contributed by atoms with Gasteiger partial charge in [-0.15, -0.1) is 10.2 Å². The summed E-state index contributed by atoms with van der Waals surface area (Å²) in [5, 5.41) is 9.57. The molecule has 1 aromatic carbocycles. The van der Waals surface area contributed by atoms with Crippen LogP contribution in [0.15, 0.2) is 40.1 Å². The second kappa shape index (κ2) is 8.29. The monoisotopic (exact) mass is 461 g/mol. The highest BCUT2D eigenvalue weighted by molar-refractivity contribution is 7.99. The lowest BCUT2D eigenvalue weighted by Crippen LogP contribution is -2.52. The highest BCUT2D eigenvalue weighted by atomic mass is 32.2. The molecule has 0 aliphatic carbocycles. The van der Waals surface area contributed by atoms with Crippen LogP contribution in [0.4, 0.5) is 0 Å². The average molecular weight is 462 g/mol. The first kappa shape index (κ1) is 20.5. The molecule has 0 spiro atoms. The maximum Gasteiger partial charge on any atom is 0.277 e. The van der Waals surface area contributed by atoms with Gasteiger partial charge < -0.3 is 14.3 Å². The van der Waals surface area contributed by atoms with Gasteiger partial charge in [0.15, 0.2) is 9.84 Å². The fraction of sp³-hybridized carbons (Fsp3) is 0.450. The Hall–Kier alpha value is -2.37. The van der Waals surface area contributed by atoms with Gasteiger partial charge in [-0.3, -0.25) is 9.69 Å². The lowest BCUT2D eigenvalue weighted by molar-refractivity contribution is -0.130. The molecule has 164 valence electrons. The number of rotatable bonds is 5. The second-order valence-electron chi connectivity index (χ2n) is 7.88. The van der Waals surface area contributed by atoms with Crippen molar-refractivity contribution in [2.75, 3.05) is 43.4 Å². The normalized spacial score (nSPS) is 21.7. The summed E-state index contributed by atoms with van der Waals surface area (Å²) >= 11 is 1.24. The Kier molecular flexibility index (Phi) is 5.49. The molecule has 2 aromatic heterocycles. The third kappa shape index (κ3) is 4.35. The molecule has 2 aliphatic heterocycles. The molecule has 9 nitrogen and oxygen atoms in total. The van der Waals surface area contributed by atoms with Crippen molar-refractivity contribution in [1.29, 1.82) is 0 Å². The standard InChI is InChI=1S/C20H23N5O4S2/c26-18(25-8-6-24(7-9-25)14-5-10-31(27,28)13-14)12-30-20-23-22-19(29-20)16-11-21-17-4-2-1-3-15(16)17/h1-4,11,14,21H,5-10,12-13H2. The fourth-order valence-electron chi connectivity index (χ4n) is 4.24. The van der Waals surface area contributed by atoms with Crippen molar-refractivity contribution in [3.05, 3.63) is 30.5 Å². The Labute approximate surface area is 184 Å². The van der Waals surface area contributed by atoms with E-state index in [1.165, 1.54) is 11.8 Å². The number of hydrogen-bond donors (Lipinski definition) is 1. The summed E-state index contributed by atoms with van der Waals surface area (Å²) in [7, 11) is -2.89. The maximum atomic E-state index is 12.6. The molecule has 3 aromatic rings. The van der Waals surface area contributed by atoms with Gasteiger partial charge in [-0.05, 0) is 12.5 Å². The maximum absolute atomic E-state index is 12.6. The minimum atomic E-state index is -2.89. The molecule has 5 rings (SSSR count). The first-order valence-electron chi connectivity index (χ1n) is 10.2. The Morgan fingerprint density at radius 1 is 1.19 bits per heavy atom. The molecule has 1 amide bonds. The SMILES string of the molecule is O=C(CSc1nnc(-c2c[nH]c3ccccc23)o1)N1CCN(C2CCS(=O)(=O)C2)CC1. The zero-order chi connectivity index (χ0) is 21.4. The van der Waals surface area contributed by atoms with Gasteiger partial charge in [-0.1, -0.05) is 30.0 Å². The quantitative estimate of drug-likeness (QED) is 0.571. The highest BCUT2D eigenvalue weighted by Crippen LogP contribution is 2.29. The topological polar surface area (TPSA) is 112 Å². The number of aromatic amines is 1. The largest absolute Gasteiger partial charge is 0.411 e. The number of piperazine rings is 1. The van der Waals surface area contributed by atoms with E-state index in [-0.39, 0.29) is 29.2 Å². The van der Waals surface area contributed by atoms with E-state index in [0.29, 0.717) is 43.7 Å². The van der Waals surface area contributed by atoms with E-state index in [1.807, 2.05) is 35.4 Å². The minimum absolute atomic E-state index is 0.0236. The van der Waals surface area contributed by atoms with Crippen molar-refractivity contribution < 1.29 is 17.6 Å². The van der Waals surface area contributed by atoms with Gasteiger partial charge in [0, 0.05) is 49.3 Å². The van der Waals surface area contributed by atoms with E-state index in [4.69, 9.17) is 4.42 Å². The Morgan fingerprint density at radius 3 is 2.77 bits per heavy atom. The zero-order valence-electron chi connectivity index (χ0n) is 16.9. The predicted octanol–water partition coefficient (Wildman–Crippen LogP) is 1.64. The smallest absolute Gasteiger partial charge is 0.277 e. The number of nitrogens with one attached hydrogen (secondary N) is 1. The van der Waals surface area contributed by atoms with Crippen molar-refractivity contribution in [2.24, 2.45) is 0 Å². The van der Waals surface area contributed by atoms with Crippen LogP contribution < -0.4 is 0 Å². The van der Waals surface area contributed by atoms with Crippen LogP contribution in [-0.2, 0) is 14.6 Å². The van der Waals surface area contributed by atoms with Crippen molar-refractivity contribution in [3.8, 4) is 11.5 Å². The lowest BCUT2D eigenvalue weighted by atomic mass is 10.2. The van der Waals surface area contributed by atoms with Crippen LogP contribution in [-0.4, -0.2) is 88.8 Å². The van der Waals surface area contributed by atoms with Crippen molar-refractivity contribution in [3.63, 3.8) is 0 Å². The molecule has 0 radical (unpaired) electrons. The van der Waals surface area contributed by atoms with Gasteiger partial charge in [-0.25, -0.2) is 8.42 Å². The summed E-state index contributed by atoms with van der Waals surface area (Å²) in [4.78, 5) is 19.8. The van der Waals surface area contributed by atoms with Crippen LogP contribution >= 0.6 is 11.8 Å². The molecule has 2 aliphatic rings. The van der Waals surface area contributed by atoms with Gasteiger partial charge in [-0.2, -0.15) is 0 Å². The first-order valence-corrected chi connectivity index (χ1v) is 13.0. The molecule has 1 N–H and O–H groups in total. The van der Waals surface area contributed by atoms with Gasteiger partial charge >= 0.3 is 0 Å². The molecule has 1 unspecified atom stereocenters. The number of carbonyl (C=O) groups excluding carboxylic acids is 1. The molecular weight excluding hydrogens is 438 g/mol. The summed E-state index contributed by atoms with van der Waals surface area (Å²) in [6, 6.07) is 7.98. The first-order chi connectivity index (χ1) is 15.0. The van der Waals surface area contributed by atoms with E-state index in [0.717, 1.165) is 16.5 Å². The van der Waals surface area contributed by atoms with E-state index >= 15 is 0 Å².